The van der Waals surface area contributed by atoms with Crippen molar-refractivity contribution in [2.45, 2.75) is 0 Å². The Kier molecular flexibility index (Phi) is 5.86. The zero-order valence-corrected chi connectivity index (χ0v) is 27.1. The molecule has 0 aliphatic carbocycles. The Bertz CT molecular complexity index is 3080. The van der Waals surface area contributed by atoms with E-state index in [4.69, 9.17) is 23.8 Å². The largest absolute Gasteiger partial charge is 0.456 e. The van der Waals surface area contributed by atoms with Crippen molar-refractivity contribution < 1.29 is 8.83 Å². The van der Waals surface area contributed by atoms with E-state index in [9.17, 15) is 0 Å². The minimum absolute atomic E-state index is 0.595. The summed E-state index contributed by atoms with van der Waals surface area (Å²) >= 11 is 0. The summed E-state index contributed by atoms with van der Waals surface area (Å²) in [5.41, 5.74) is 9.27. The average Bonchev–Trinajstić information content (AvgIpc) is 3.87. The van der Waals surface area contributed by atoms with E-state index >= 15 is 0 Å². The maximum atomic E-state index is 6.61. The molecule has 6 heteroatoms. The number of nitrogens with zero attached hydrogens (tertiary/aromatic N) is 4. The molecule has 238 valence electrons. The molecule has 4 heterocycles. The highest BCUT2D eigenvalue weighted by atomic mass is 16.3. The fourth-order valence-corrected chi connectivity index (χ4v) is 7.58. The summed E-state index contributed by atoms with van der Waals surface area (Å²) in [5, 5.41) is 6.44. The zero-order valence-electron chi connectivity index (χ0n) is 27.1. The van der Waals surface area contributed by atoms with E-state index in [1.54, 1.807) is 0 Å². The lowest BCUT2D eigenvalue weighted by atomic mass is 10.0. The van der Waals surface area contributed by atoms with Crippen LogP contribution in [0.25, 0.3) is 106 Å². The Hall–Kier alpha value is -7.05. The lowest BCUT2D eigenvalue weighted by Gasteiger charge is -2.09. The highest BCUT2D eigenvalue weighted by Crippen LogP contribution is 2.42. The van der Waals surface area contributed by atoms with E-state index in [2.05, 4.69) is 77.4 Å². The van der Waals surface area contributed by atoms with Crippen molar-refractivity contribution in [1.29, 1.82) is 0 Å². The van der Waals surface area contributed by atoms with Crippen LogP contribution in [0.5, 0.6) is 0 Å². The van der Waals surface area contributed by atoms with Gasteiger partial charge in [0, 0.05) is 55.4 Å². The van der Waals surface area contributed by atoms with Crippen molar-refractivity contribution >= 4 is 65.7 Å². The monoisotopic (exact) mass is 654 g/mol. The number of benzene rings is 7. The molecule has 0 aliphatic rings. The first-order valence-electron chi connectivity index (χ1n) is 16.9. The molecule has 7 aromatic carbocycles. The third-order valence-electron chi connectivity index (χ3n) is 9.86. The average molecular weight is 655 g/mol. The van der Waals surface area contributed by atoms with E-state index in [-0.39, 0.29) is 0 Å². The van der Waals surface area contributed by atoms with Crippen LogP contribution in [0.1, 0.15) is 0 Å². The Morgan fingerprint density at radius 2 is 1.04 bits per heavy atom. The molecule has 51 heavy (non-hydrogen) atoms. The maximum absolute atomic E-state index is 6.61. The predicted molar refractivity (Wildman–Crippen MR) is 205 cm³/mol. The summed E-state index contributed by atoms with van der Waals surface area (Å²) < 4.78 is 15.4. The van der Waals surface area contributed by atoms with Crippen molar-refractivity contribution in [3.8, 4) is 39.9 Å². The van der Waals surface area contributed by atoms with Gasteiger partial charge in [-0.25, -0.2) is 15.0 Å². The molecule has 0 atom stereocenters. The molecule has 4 aromatic heterocycles. The lowest BCUT2D eigenvalue weighted by Crippen LogP contribution is -2.00. The van der Waals surface area contributed by atoms with Gasteiger partial charge in [-0.2, -0.15) is 0 Å². The normalized spacial score (nSPS) is 11.9. The molecule has 0 fully saturated rings. The fraction of sp³-hybridized carbons (Fsp3) is 0. The highest BCUT2D eigenvalue weighted by Gasteiger charge is 2.21. The SMILES string of the molecule is c1ccc(-c2nc(-c3ccccc3)nc(-c3cccc4oc5cc(-n6c7ccccc7c7c8oc9ccccc9c8ccc76)ccc5c34)n2)cc1. The van der Waals surface area contributed by atoms with Crippen molar-refractivity contribution in [3.05, 3.63) is 158 Å². The molecule has 0 spiro atoms. The molecule has 11 rings (SSSR count). The van der Waals surface area contributed by atoms with E-state index in [1.807, 2.05) is 84.9 Å². The smallest absolute Gasteiger partial charge is 0.164 e. The van der Waals surface area contributed by atoms with Crippen molar-refractivity contribution in [1.82, 2.24) is 19.5 Å². The topological polar surface area (TPSA) is 69.9 Å². The second-order valence-corrected chi connectivity index (χ2v) is 12.8. The number of furan rings is 2. The van der Waals surface area contributed by atoms with Crippen molar-refractivity contribution in [2.75, 3.05) is 0 Å². The van der Waals surface area contributed by atoms with Gasteiger partial charge >= 0.3 is 0 Å². The van der Waals surface area contributed by atoms with Crippen LogP contribution >= 0.6 is 0 Å². The lowest BCUT2D eigenvalue weighted by molar-refractivity contribution is 0.668. The standard InChI is InChI=1S/C45H26N4O2/c1-3-12-27(13-4-1)43-46-44(28-14-5-2-6-15-28)48-45(47-43)34-18-11-21-38-40(34)33-23-22-29(26-39(33)50-38)49-35-19-9-7-17-32(35)41-36(49)25-24-31-30-16-8-10-20-37(30)51-42(31)41/h1-26H. The van der Waals surface area contributed by atoms with Crippen LogP contribution in [-0.4, -0.2) is 19.5 Å². The first-order chi connectivity index (χ1) is 25.3. The first kappa shape index (κ1) is 27.9. The quantitative estimate of drug-likeness (QED) is 0.189. The Morgan fingerprint density at radius 3 is 1.82 bits per heavy atom. The molecule has 0 aliphatic heterocycles. The maximum Gasteiger partial charge on any atom is 0.164 e. The second kappa shape index (κ2) is 10.7. The van der Waals surface area contributed by atoms with E-state index < -0.39 is 0 Å². The molecule has 0 unspecified atom stereocenters. The number of hydrogen-bond acceptors (Lipinski definition) is 5. The number of fused-ring (bicyclic) bond motifs is 10. The van der Waals surface area contributed by atoms with Crippen molar-refractivity contribution in [2.24, 2.45) is 0 Å². The number of rotatable bonds is 4. The van der Waals surface area contributed by atoms with Gasteiger partial charge in [-0.05, 0) is 42.5 Å². The minimum Gasteiger partial charge on any atom is -0.456 e. The molecular weight excluding hydrogens is 629 g/mol. The molecule has 0 amide bonds. The van der Waals surface area contributed by atoms with Gasteiger partial charge in [-0.1, -0.05) is 109 Å². The number of para-hydroxylation sites is 2. The third kappa shape index (κ3) is 4.20. The Morgan fingerprint density at radius 1 is 0.392 bits per heavy atom. The van der Waals surface area contributed by atoms with E-state index in [1.165, 1.54) is 0 Å². The van der Waals surface area contributed by atoms with Crippen LogP contribution < -0.4 is 0 Å². The minimum atomic E-state index is 0.595. The molecule has 0 saturated carbocycles. The summed E-state index contributed by atoms with van der Waals surface area (Å²) in [6.45, 7) is 0. The highest BCUT2D eigenvalue weighted by molar-refractivity contribution is 6.24. The number of hydrogen-bond donors (Lipinski definition) is 0. The van der Waals surface area contributed by atoms with Crippen molar-refractivity contribution in [3.63, 3.8) is 0 Å². The molecule has 11 aromatic rings. The zero-order chi connectivity index (χ0) is 33.5. The van der Waals surface area contributed by atoms with Crippen LogP contribution in [0.3, 0.4) is 0 Å². The predicted octanol–water partition coefficient (Wildman–Crippen LogP) is 11.8. The Balaban J connectivity index is 1.13. The molecule has 0 saturated heterocycles. The molecule has 0 bridgehead atoms. The summed E-state index contributed by atoms with van der Waals surface area (Å²) in [6, 6.07) is 53.7. The molecular formula is C45H26N4O2. The third-order valence-corrected chi connectivity index (χ3v) is 9.86. The van der Waals surface area contributed by atoms with Crippen LogP contribution in [0.2, 0.25) is 0 Å². The fourth-order valence-electron chi connectivity index (χ4n) is 7.58. The van der Waals surface area contributed by atoms with Crippen LogP contribution in [0, 0.1) is 0 Å². The second-order valence-electron chi connectivity index (χ2n) is 12.8. The van der Waals surface area contributed by atoms with Crippen LogP contribution in [0.15, 0.2) is 167 Å². The van der Waals surface area contributed by atoms with Gasteiger partial charge in [-0.3, -0.25) is 0 Å². The first-order valence-corrected chi connectivity index (χ1v) is 16.9. The summed E-state index contributed by atoms with van der Waals surface area (Å²) in [7, 11) is 0. The van der Waals surface area contributed by atoms with Gasteiger partial charge < -0.3 is 13.4 Å². The summed E-state index contributed by atoms with van der Waals surface area (Å²) in [5.74, 6) is 1.84. The van der Waals surface area contributed by atoms with E-state index in [0.29, 0.717) is 17.5 Å². The molecule has 0 N–H and O–H groups in total. The summed E-state index contributed by atoms with van der Waals surface area (Å²) in [4.78, 5) is 14.9. The van der Waals surface area contributed by atoms with Gasteiger partial charge in [-0.15, -0.1) is 0 Å². The van der Waals surface area contributed by atoms with Crippen LogP contribution in [0.4, 0.5) is 0 Å². The summed E-state index contributed by atoms with van der Waals surface area (Å²) in [6.07, 6.45) is 0. The van der Waals surface area contributed by atoms with Crippen LogP contribution in [-0.2, 0) is 0 Å². The van der Waals surface area contributed by atoms with Gasteiger partial charge in [0.1, 0.15) is 22.3 Å². The Labute approximate surface area is 290 Å². The van der Waals surface area contributed by atoms with Gasteiger partial charge in [0.05, 0.1) is 16.4 Å². The van der Waals surface area contributed by atoms with E-state index in [0.717, 1.165) is 88.1 Å². The van der Waals surface area contributed by atoms with Gasteiger partial charge in [0.2, 0.25) is 0 Å². The molecule has 0 radical (unpaired) electrons. The molecule has 6 nitrogen and oxygen atoms in total. The van der Waals surface area contributed by atoms with Gasteiger partial charge in [0.25, 0.3) is 0 Å². The number of aromatic nitrogens is 4. The van der Waals surface area contributed by atoms with Gasteiger partial charge in [0.15, 0.2) is 17.5 Å².